The molecule has 0 spiro atoms. The third-order valence-corrected chi connectivity index (χ3v) is 5.02. The number of hydrogen-bond acceptors (Lipinski definition) is 3. The summed E-state index contributed by atoms with van der Waals surface area (Å²) in [5, 5.41) is 1.13. The lowest BCUT2D eigenvalue weighted by Gasteiger charge is -2.34. The first-order valence-electron chi connectivity index (χ1n) is 8.66. The summed E-state index contributed by atoms with van der Waals surface area (Å²) in [6.45, 7) is 4.21. The Labute approximate surface area is 164 Å². The smallest absolute Gasteiger partial charge is 0.246 e. The minimum atomic E-state index is 0.0143. The maximum Gasteiger partial charge on any atom is 0.246 e. The van der Waals surface area contributed by atoms with E-state index in [0.29, 0.717) is 10.0 Å². The highest BCUT2D eigenvalue weighted by Gasteiger charge is 2.19. The minimum Gasteiger partial charge on any atom is -0.337 e. The number of rotatable bonds is 5. The Morgan fingerprint density at radius 1 is 1.12 bits per heavy atom. The van der Waals surface area contributed by atoms with Crippen LogP contribution in [-0.4, -0.2) is 53.4 Å². The zero-order chi connectivity index (χ0) is 18.4. The van der Waals surface area contributed by atoms with Gasteiger partial charge in [0.15, 0.2) is 0 Å². The van der Waals surface area contributed by atoms with E-state index in [9.17, 15) is 4.79 Å². The van der Waals surface area contributed by atoms with Crippen molar-refractivity contribution >= 4 is 35.2 Å². The van der Waals surface area contributed by atoms with Crippen molar-refractivity contribution < 1.29 is 4.79 Å². The topological polar surface area (TPSA) is 36.4 Å². The number of amides is 1. The average Bonchev–Trinajstić information content (AvgIpc) is 2.67. The van der Waals surface area contributed by atoms with Crippen LogP contribution in [0.15, 0.2) is 48.7 Å². The zero-order valence-electron chi connectivity index (χ0n) is 14.4. The average molecular weight is 390 g/mol. The van der Waals surface area contributed by atoms with Crippen molar-refractivity contribution in [2.75, 3.05) is 32.7 Å². The maximum atomic E-state index is 12.4. The summed E-state index contributed by atoms with van der Waals surface area (Å²) in [6, 6.07) is 11.2. The van der Waals surface area contributed by atoms with Crippen LogP contribution in [0.1, 0.15) is 11.3 Å². The molecule has 1 aromatic carbocycles. The molecule has 0 N–H and O–H groups in total. The molecule has 1 amide bonds. The highest BCUT2D eigenvalue weighted by Crippen LogP contribution is 2.22. The molecule has 0 aliphatic carbocycles. The molecule has 4 nitrogen and oxygen atoms in total. The molecule has 0 atom stereocenters. The predicted molar refractivity (Wildman–Crippen MR) is 106 cm³/mol. The Hall–Kier alpha value is -1.88. The van der Waals surface area contributed by atoms with Crippen LogP contribution in [-0.2, 0) is 11.2 Å². The second-order valence-corrected chi connectivity index (χ2v) is 7.08. The Morgan fingerprint density at radius 2 is 1.92 bits per heavy atom. The van der Waals surface area contributed by atoms with Crippen molar-refractivity contribution in [3.8, 4) is 0 Å². The molecule has 0 saturated carbocycles. The van der Waals surface area contributed by atoms with Gasteiger partial charge in [-0.1, -0.05) is 35.3 Å². The molecule has 26 heavy (non-hydrogen) atoms. The molecule has 3 rings (SSSR count). The fourth-order valence-corrected chi connectivity index (χ4v) is 3.39. The molecular formula is C20H21Cl2N3O. The van der Waals surface area contributed by atoms with Crippen molar-refractivity contribution in [3.05, 3.63) is 70.0 Å². The van der Waals surface area contributed by atoms with Crippen molar-refractivity contribution in [3.63, 3.8) is 0 Å². The van der Waals surface area contributed by atoms with Crippen molar-refractivity contribution in [1.82, 2.24) is 14.8 Å². The van der Waals surface area contributed by atoms with Gasteiger partial charge in [0.1, 0.15) is 0 Å². The lowest BCUT2D eigenvalue weighted by atomic mass is 10.2. The second kappa shape index (κ2) is 9.17. The van der Waals surface area contributed by atoms with Gasteiger partial charge in [-0.25, -0.2) is 0 Å². The molecule has 0 unspecified atom stereocenters. The summed E-state index contributed by atoms with van der Waals surface area (Å²) in [7, 11) is 0. The largest absolute Gasteiger partial charge is 0.337 e. The van der Waals surface area contributed by atoms with Crippen LogP contribution in [0.25, 0.3) is 6.08 Å². The van der Waals surface area contributed by atoms with E-state index in [1.54, 1.807) is 24.3 Å². The molecule has 2 aromatic rings. The number of hydrogen-bond donors (Lipinski definition) is 0. The third-order valence-electron chi connectivity index (χ3n) is 4.46. The van der Waals surface area contributed by atoms with E-state index in [4.69, 9.17) is 23.2 Å². The Balaban J connectivity index is 1.46. The number of carbonyl (C=O) groups excluding carboxylic acids is 1. The van der Waals surface area contributed by atoms with Crippen LogP contribution in [0.3, 0.4) is 0 Å². The fraction of sp³-hybridized carbons (Fsp3) is 0.300. The van der Waals surface area contributed by atoms with Gasteiger partial charge in [0.05, 0.1) is 0 Å². The molecule has 0 radical (unpaired) electrons. The Morgan fingerprint density at radius 3 is 2.62 bits per heavy atom. The van der Waals surface area contributed by atoms with Crippen LogP contribution in [0.2, 0.25) is 10.0 Å². The maximum absolute atomic E-state index is 12.4. The lowest BCUT2D eigenvalue weighted by molar-refractivity contribution is -0.127. The molecule has 6 heteroatoms. The van der Waals surface area contributed by atoms with Gasteiger partial charge in [0.2, 0.25) is 5.91 Å². The van der Waals surface area contributed by atoms with E-state index in [2.05, 4.69) is 9.88 Å². The van der Waals surface area contributed by atoms with Crippen molar-refractivity contribution in [2.24, 2.45) is 0 Å². The van der Waals surface area contributed by atoms with Crippen molar-refractivity contribution in [2.45, 2.75) is 6.42 Å². The normalized spacial score (nSPS) is 15.5. The molecule has 1 aliphatic rings. The zero-order valence-corrected chi connectivity index (χ0v) is 16.0. The van der Waals surface area contributed by atoms with E-state index in [-0.39, 0.29) is 5.91 Å². The Kier molecular flexibility index (Phi) is 6.67. The monoisotopic (exact) mass is 389 g/mol. The first-order chi connectivity index (χ1) is 12.6. The first-order valence-corrected chi connectivity index (χ1v) is 9.42. The number of halogens is 2. The van der Waals surface area contributed by atoms with Gasteiger partial charge >= 0.3 is 0 Å². The lowest BCUT2D eigenvalue weighted by Crippen LogP contribution is -2.48. The molecule has 1 aromatic heterocycles. The third kappa shape index (κ3) is 5.31. The van der Waals surface area contributed by atoms with Crippen LogP contribution >= 0.6 is 23.2 Å². The van der Waals surface area contributed by atoms with Crippen LogP contribution < -0.4 is 0 Å². The summed E-state index contributed by atoms with van der Waals surface area (Å²) in [5.41, 5.74) is 1.90. The van der Waals surface area contributed by atoms with Gasteiger partial charge < -0.3 is 4.90 Å². The highest BCUT2D eigenvalue weighted by molar-refractivity contribution is 6.35. The number of carbonyl (C=O) groups is 1. The van der Waals surface area contributed by atoms with Crippen LogP contribution in [0.4, 0.5) is 0 Å². The standard InChI is InChI=1S/C20H21Cl2N3O/c21-17-6-4-16(19(22)15-17)5-7-20(26)25-13-11-24(12-14-25)10-8-18-3-1-2-9-23-18/h1-7,9,15H,8,10-14H2/b7-5+. The number of benzene rings is 1. The summed E-state index contributed by atoms with van der Waals surface area (Å²) in [5.74, 6) is 0.0143. The molecule has 1 aliphatic heterocycles. The summed E-state index contributed by atoms with van der Waals surface area (Å²) < 4.78 is 0. The van der Waals surface area contributed by atoms with E-state index >= 15 is 0 Å². The van der Waals surface area contributed by atoms with E-state index < -0.39 is 0 Å². The second-order valence-electron chi connectivity index (χ2n) is 6.24. The Bertz CT molecular complexity index is 772. The van der Waals surface area contributed by atoms with Crippen LogP contribution in [0.5, 0.6) is 0 Å². The molecular weight excluding hydrogens is 369 g/mol. The van der Waals surface area contributed by atoms with Gasteiger partial charge in [0.25, 0.3) is 0 Å². The number of pyridine rings is 1. The first kappa shape index (κ1) is 18.9. The summed E-state index contributed by atoms with van der Waals surface area (Å²) in [6.07, 6.45) is 6.09. The fourth-order valence-electron chi connectivity index (χ4n) is 2.91. The van der Waals surface area contributed by atoms with Gasteiger partial charge in [-0.15, -0.1) is 0 Å². The summed E-state index contributed by atoms with van der Waals surface area (Å²) >= 11 is 12.0. The van der Waals surface area contributed by atoms with Gasteiger partial charge in [-0.05, 0) is 35.9 Å². The predicted octanol–water partition coefficient (Wildman–Crippen LogP) is 3.79. The van der Waals surface area contributed by atoms with Gasteiger partial charge in [0, 0.05) is 67.2 Å². The number of nitrogens with zero attached hydrogens (tertiary/aromatic N) is 3. The molecule has 1 saturated heterocycles. The number of piperazine rings is 1. The van der Waals surface area contributed by atoms with Gasteiger partial charge in [-0.2, -0.15) is 0 Å². The molecule has 2 heterocycles. The quantitative estimate of drug-likeness (QED) is 0.729. The van der Waals surface area contributed by atoms with Crippen LogP contribution in [0, 0.1) is 0 Å². The van der Waals surface area contributed by atoms with E-state index in [0.717, 1.165) is 50.4 Å². The van der Waals surface area contributed by atoms with Gasteiger partial charge in [-0.3, -0.25) is 14.7 Å². The van der Waals surface area contributed by atoms with E-state index in [1.807, 2.05) is 35.4 Å². The highest BCUT2D eigenvalue weighted by atomic mass is 35.5. The number of aromatic nitrogens is 1. The van der Waals surface area contributed by atoms with Crippen molar-refractivity contribution in [1.29, 1.82) is 0 Å². The molecule has 0 bridgehead atoms. The summed E-state index contributed by atoms with van der Waals surface area (Å²) in [4.78, 5) is 21.0. The SMILES string of the molecule is O=C(/C=C/c1ccc(Cl)cc1Cl)N1CCN(CCc2ccccn2)CC1. The minimum absolute atomic E-state index is 0.0143. The molecule has 136 valence electrons. The van der Waals surface area contributed by atoms with E-state index in [1.165, 1.54) is 0 Å². The molecule has 1 fully saturated rings.